The summed E-state index contributed by atoms with van der Waals surface area (Å²) in [6, 6.07) is 6.45. The van der Waals surface area contributed by atoms with Gasteiger partial charge in [0, 0.05) is 12.2 Å². The van der Waals surface area contributed by atoms with E-state index in [1.165, 1.54) is 18.1 Å². The molecule has 1 aliphatic rings. The highest BCUT2D eigenvalue weighted by atomic mass is 16.6. The highest BCUT2D eigenvalue weighted by Crippen LogP contribution is 2.23. The standard InChI is InChI=1S/C19H24N2O6/c1-19(2,3)27-17(24)12-6-5-7-13(10-12)20-15-14(18(25)26-4)11-21(8-9-22)16(15)23/h5-7,10,20,22H,8-9,11H2,1-4H3. The Balaban J connectivity index is 2.28. The number of nitrogens with one attached hydrogen (secondary N) is 1. The second-order valence-electron chi connectivity index (χ2n) is 7.00. The lowest BCUT2D eigenvalue weighted by atomic mass is 10.1. The SMILES string of the molecule is COC(=O)C1=C(Nc2cccc(C(=O)OC(C)(C)C)c2)C(=O)N(CCO)C1. The summed E-state index contributed by atoms with van der Waals surface area (Å²) in [4.78, 5) is 38.1. The topological polar surface area (TPSA) is 105 Å². The third-order valence-corrected chi connectivity index (χ3v) is 3.72. The maximum atomic E-state index is 12.5. The van der Waals surface area contributed by atoms with Crippen LogP contribution in [0.25, 0.3) is 0 Å². The molecule has 2 N–H and O–H groups in total. The highest BCUT2D eigenvalue weighted by molar-refractivity contribution is 6.08. The number of amides is 1. The fourth-order valence-corrected chi connectivity index (χ4v) is 2.55. The van der Waals surface area contributed by atoms with Gasteiger partial charge in [0.25, 0.3) is 5.91 Å². The average molecular weight is 376 g/mol. The van der Waals surface area contributed by atoms with Crippen LogP contribution in [-0.4, -0.2) is 60.3 Å². The first-order valence-electron chi connectivity index (χ1n) is 8.48. The molecule has 0 spiro atoms. The lowest BCUT2D eigenvalue weighted by molar-refractivity contribution is -0.136. The van der Waals surface area contributed by atoms with Crippen LogP contribution in [0.1, 0.15) is 31.1 Å². The number of rotatable bonds is 6. The number of anilines is 1. The molecule has 0 aromatic heterocycles. The van der Waals surface area contributed by atoms with Crippen molar-refractivity contribution in [3.8, 4) is 0 Å². The van der Waals surface area contributed by atoms with Crippen LogP contribution in [-0.2, 0) is 19.1 Å². The van der Waals surface area contributed by atoms with E-state index in [9.17, 15) is 14.4 Å². The van der Waals surface area contributed by atoms with Crippen LogP contribution in [0, 0.1) is 0 Å². The first kappa shape index (κ1) is 20.4. The monoisotopic (exact) mass is 376 g/mol. The Bertz CT molecular complexity index is 779. The van der Waals surface area contributed by atoms with E-state index in [0.29, 0.717) is 11.3 Å². The first-order valence-corrected chi connectivity index (χ1v) is 8.48. The number of aliphatic hydroxyl groups excluding tert-OH is 1. The molecule has 8 heteroatoms. The smallest absolute Gasteiger partial charge is 0.338 e. The maximum Gasteiger partial charge on any atom is 0.338 e. The predicted molar refractivity (Wildman–Crippen MR) is 97.9 cm³/mol. The molecule has 8 nitrogen and oxygen atoms in total. The van der Waals surface area contributed by atoms with E-state index in [2.05, 4.69) is 5.32 Å². The summed E-state index contributed by atoms with van der Waals surface area (Å²) >= 11 is 0. The van der Waals surface area contributed by atoms with E-state index in [0.717, 1.165) is 0 Å². The minimum atomic E-state index is -0.632. The molecular weight excluding hydrogens is 352 g/mol. The first-order chi connectivity index (χ1) is 12.7. The number of carbonyl (C=O) groups excluding carboxylic acids is 3. The second-order valence-corrected chi connectivity index (χ2v) is 7.00. The Hall–Kier alpha value is -2.87. The van der Waals surface area contributed by atoms with Crippen LogP contribution in [0.4, 0.5) is 5.69 Å². The summed E-state index contributed by atoms with van der Waals surface area (Å²) in [6.07, 6.45) is 0. The van der Waals surface area contributed by atoms with Crippen molar-refractivity contribution in [2.75, 3.05) is 32.1 Å². The molecule has 0 saturated heterocycles. The van der Waals surface area contributed by atoms with Gasteiger partial charge in [0.1, 0.15) is 11.3 Å². The normalized spacial score (nSPS) is 14.4. The molecule has 0 saturated carbocycles. The van der Waals surface area contributed by atoms with Crippen LogP contribution in [0.15, 0.2) is 35.5 Å². The van der Waals surface area contributed by atoms with Gasteiger partial charge in [0.05, 0.1) is 31.4 Å². The minimum Gasteiger partial charge on any atom is -0.466 e. The van der Waals surface area contributed by atoms with Crippen molar-refractivity contribution in [2.45, 2.75) is 26.4 Å². The van der Waals surface area contributed by atoms with E-state index in [1.54, 1.807) is 39.0 Å². The van der Waals surface area contributed by atoms with Crippen molar-refractivity contribution in [1.29, 1.82) is 0 Å². The van der Waals surface area contributed by atoms with Gasteiger partial charge in [-0.3, -0.25) is 4.79 Å². The van der Waals surface area contributed by atoms with E-state index in [1.807, 2.05) is 0 Å². The van der Waals surface area contributed by atoms with Crippen molar-refractivity contribution in [3.05, 3.63) is 41.1 Å². The zero-order chi connectivity index (χ0) is 20.2. The Morgan fingerprint density at radius 3 is 2.56 bits per heavy atom. The van der Waals surface area contributed by atoms with Crippen LogP contribution in [0.2, 0.25) is 0 Å². The quantitative estimate of drug-likeness (QED) is 0.721. The summed E-state index contributed by atoms with van der Waals surface area (Å²) < 4.78 is 10.1. The van der Waals surface area contributed by atoms with E-state index in [-0.39, 0.29) is 31.0 Å². The highest BCUT2D eigenvalue weighted by Gasteiger charge is 2.34. The fourth-order valence-electron chi connectivity index (χ4n) is 2.55. The number of esters is 2. The predicted octanol–water partition coefficient (Wildman–Crippen LogP) is 1.32. The molecule has 1 aromatic rings. The van der Waals surface area contributed by atoms with Crippen LogP contribution in [0.3, 0.4) is 0 Å². The van der Waals surface area contributed by atoms with Crippen molar-refractivity contribution >= 4 is 23.5 Å². The van der Waals surface area contributed by atoms with Gasteiger partial charge in [0.2, 0.25) is 0 Å². The van der Waals surface area contributed by atoms with E-state index >= 15 is 0 Å². The summed E-state index contributed by atoms with van der Waals surface area (Å²) in [5.74, 6) is -1.55. The number of aliphatic hydroxyl groups is 1. The summed E-state index contributed by atoms with van der Waals surface area (Å²) in [7, 11) is 1.23. The molecule has 27 heavy (non-hydrogen) atoms. The molecule has 0 bridgehead atoms. The Morgan fingerprint density at radius 1 is 1.26 bits per heavy atom. The number of methoxy groups -OCH3 is 1. The molecular formula is C19H24N2O6. The van der Waals surface area contributed by atoms with Gasteiger partial charge < -0.3 is 24.8 Å². The van der Waals surface area contributed by atoms with Crippen LogP contribution >= 0.6 is 0 Å². The molecule has 2 rings (SSSR count). The maximum absolute atomic E-state index is 12.5. The van der Waals surface area contributed by atoms with Crippen molar-refractivity contribution in [3.63, 3.8) is 0 Å². The van der Waals surface area contributed by atoms with Gasteiger partial charge in [0.15, 0.2) is 0 Å². The molecule has 1 aromatic carbocycles. The number of ether oxygens (including phenoxy) is 2. The third-order valence-electron chi connectivity index (χ3n) is 3.72. The number of carbonyl (C=O) groups is 3. The third kappa shape index (κ3) is 5.07. The molecule has 0 aliphatic carbocycles. The van der Waals surface area contributed by atoms with Gasteiger partial charge in [-0.15, -0.1) is 0 Å². The van der Waals surface area contributed by atoms with E-state index < -0.39 is 23.4 Å². The summed E-state index contributed by atoms with van der Waals surface area (Å²) in [6.45, 7) is 5.23. The fraction of sp³-hybridized carbons (Fsp3) is 0.421. The molecule has 1 aliphatic heterocycles. The zero-order valence-corrected chi connectivity index (χ0v) is 15.9. The Morgan fingerprint density at radius 2 is 1.96 bits per heavy atom. The van der Waals surface area contributed by atoms with Crippen LogP contribution in [0.5, 0.6) is 0 Å². The zero-order valence-electron chi connectivity index (χ0n) is 15.9. The van der Waals surface area contributed by atoms with Gasteiger partial charge in [-0.05, 0) is 39.0 Å². The number of nitrogens with zero attached hydrogens (tertiary/aromatic N) is 1. The molecule has 146 valence electrons. The minimum absolute atomic E-state index is 0.0418. The lowest BCUT2D eigenvalue weighted by Crippen LogP contribution is -2.31. The molecule has 1 heterocycles. The van der Waals surface area contributed by atoms with Crippen molar-refractivity contribution < 1.29 is 29.0 Å². The number of β-amino-alcohol motifs (C(OH)–C–C–N with tert-alkyl or cyclic N) is 1. The molecule has 0 radical (unpaired) electrons. The average Bonchev–Trinajstić information content (AvgIpc) is 2.90. The number of benzene rings is 1. The number of hydrogen-bond acceptors (Lipinski definition) is 7. The van der Waals surface area contributed by atoms with Crippen LogP contribution < -0.4 is 5.32 Å². The molecule has 0 atom stereocenters. The van der Waals surface area contributed by atoms with Gasteiger partial charge in [-0.1, -0.05) is 6.07 Å². The van der Waals surface area contributed by atoms with E-state index in [4.69, 9.17) is 14.6 Å². The largest absolute Gasteiger partial charge is 0.466 e. The second kappa shape index (κ2) is 8.22. The molecule has 1 amide bonds. The van der Waals surface area contributed by atoms with Gasteiger partial charge >= 0.3 is 11.9 Å². The van der Waals surface area contributed by atoms with Crippen molar-refractivity contribution in [2.24, 2.45) is 0 Å². The number of hydrogen-bond donors (Lipinski definition) is 2. The Labute approximate surface area is 157 Å². The van der Waals surface area contributed by atoms with Gasteiger partial charge in [-0.2, -0.15) is 0 Å². The van der Waals surface area contributed by atoms with Gasteiger partial charge in [-0.25, -0.2) is 9.59 Å². The molecule has 0 unspecified atom stereocenters. The molecule has 0 fully saturated rings. The summed E-state index contributed by atoms with van der Waals surface area (Å²) in [5.41, 5.74) is 0.366. The summed E-state index contributed by atoms with van der Waals surface area (Å²) in [5, 5.41) is 12.0. The Kier molecular flexibility index (Phi) is 6.22. The lowest BCUT2D eigenvalue weighted by Gasteiger charge is -2.19. The van der Waals surface area contributed by atoms with Crippen molar-refractivity contribution in [1.82, 2.24) is 4.90 Å².